The number of aromatic nitrogens is 1. The molecule has 0 atom stereocenters. The van der Waals surface area contributed by atoms with Gasteiger partial charge in [0.05, 0.1) is 5.75 Å². The average molecular weight is 415 g/mol. The predicted molar refractivity (Wildman–Crippen MR) is 97.4 cm³/mol. The normalized spacial score (nSPS) is 11.3. The zero-order valence-corrected chi connectivity index (χ0v) is 15.9. The molecule has 0 aliphatic heterocycles. The van der Waals surface area contributed by atoms with Crippen LogP contribution in [-0.2, 0) is 16.4 Å². The second-order valence-corrected chi connectivity index (χ2v) is 8.47. The van der Waals surface area contributed by atoms with Crippen molar-refractivity contribution in [3.8, 4) is 5.75 Å². The highest BCUT2D eigenvalue weighted by Crippen LogP contribution is 2.20. The molecule has 0 bridgehead atoms. The van der Waals surface area contributed by atoms with Crippen molar-refractivity contribution in [2.45, 2.75) is 13.5 Å². The highest BCUT2D eigenvalue weighted by Gasteiger charge is 2.13. The Morgan fingerprint density at radius 3 is 2.75 bits per heavy atom. The summed E-state index contributed by atoms with van der Waals surface area (Å²) in [5, 5.41) is 2.81. The number of rotatable bonds is 7. The zero-order chi connectivity index (χ0) is 17.7. The summed E-state index contributed by atoms with van der Waals surface area (Å²) >= 11 is 3.36. The van der Waals surface area contributed by atoms with E-state index in [1.807, 2.05) is 17.7 Å². The van der Waals surface area contributed by atoms with Gasteiger partial charge in [0.1, 0.15) is 18.1 Å². The van der Waals surface area contributed by atoms with Gasteiger partial charge in [0.2, 0.25) is 0 Å². The van der Waals surface area contributed by atoms with Gasteiger partial charge in [-0.2, -0.15) is 0 Å². The van der Waals surface area contributed by atoms with E-state index in [0.717, 1.165) is 10.7 Å². The van der Waals surface area contributed by atoms with Crippen molar-refractivity contribution in [1.82, 2.24) is 4.57 Å². The quantitative estimate of drug-likeness (QED) is 0.755. The molecule has 1 heterocycles. The second kappa shape index (κ2) is 7.85. The Hall–Kier alpha value is -1.80. The van der Waals surface area contributed by atoms with Crippen LogP contribution in [0, 0.1) is 0 Å². The molecule has 24 heavy (non-hydrogen) atoms. The van der Waals surface area contributed by atoms with Crippen LogP contribution in [0.1, 0.15) is 17.4 Å². The van der Waals surface area contributed by atoms with Crippen LogP contribution in [0.2, 0.25) is 0 Å². The van der Waals surface area contributed by atoms with Crippen molar-refractivity contribution >= 4 is 37.4 Å². The van der Waals surface area contributed by atoms with E-state index in [4.69, 9.17) is 4.74 Å². The van der Waals surface area contributed by atoms with Gasteiger partial charge in [-0.15, -0.1) is 0 Å². The molecular weight excluding hydrogens is 396 g/mol. The van der Waals surface area contributed by atoms with Gasteiger partial charge in [0, 0.05) is 35.2 Å². The lowest BCUT2D eigenvalue weighted by Gasteiger charge is -2.10. The van der Waals surface area contributed by atoms with Crippen molar-refractivity contribution < 1.29 is 17.9 Å². The highest BCUT2D eigenvalue weighted by molar-refractivity contribution is 9.10. The number of anilines is 1. The number of carbonyl (C=O) groups is 1. The second-order valence-electron chi connectivity index (χ2n) is 5.29. The smallest absolute Gasteiger partial charge is 0.272 e. The van der Waals surface area contributed by atoms with E-state index in [9.17, 15) is 13.2 Å². The maximum absolute atomic E-state index is 12.4. The van der Waals surface area contributed by atoms with Gasteiger partial charge in [-0.25, -0.2) is 8.42 Å². The molecular formula is C16H19BrN2O4S. The van der Waals surface area contributed by atoms with Crippen LogP contribution in [0.25, 0.3) is 0 Å². The lowest BCUT2D eigenvalue weighted by molar-refractivity contribution is 0.101. The molecule has 0 unspecified atom stereocenters. The van der Waals surface area contributed by atoms with E-state index in [1.54, 1.807) is 30.3 Å². The summed E-state index contributed by atoms with van der Waals surface area (Å²) in [4.78, 5) is 12.4. The van der Waals surface area contributed by atoms with Gasteiger partial charge in [0.15, 0.2) is 9.84 Å². The fourth-order valence-electron chi connectivity index (χ4n) is 2.10. The monoisotopic (exact) mass is 414 g/mol. The molecule has 1 aromatic heterocycles. The van der Waals surface area contributed by atoms with Crippen LogP contribution in [-0.4, -0.2) is 37.5 Å². The van der Waals surface area contributed by atoms with Crippen LogP contribution in [0.5, 0.6) is 5.75 Å². The van der Waals surface area contributed by atoms with E-state index in [-0.39, 0.29) is 18.3 Å². The Morgan fingerprint density at radius 2 is 2.08 bits per heavy atom. The van der Waals surface area contributed by atoms with E-state index in [2.05, 4.69) is 21.2 Å². The summed E-state index contributed by atoms with van der Waals surface area (Å²) in [5.74, 6) is 0.223. The van der Waals surface area contributed by atoms with E-state index in [0.29, 0.717) is 23.7 Å². The molecule has 130 valence electrons. The van der Waals surface area contributed by atoms with Crippen LogP contribution >= 0.6 is 15.9 Å². The first-order valence-corrected chi connectivity index (χ1v) is 10.2. The molecule has 1 amide bonds. The summed E-state index contributed by atoms with van der Waals surface area (Å²) in [6.45, 7) is 2.71. The molecule has 0 aliphatic rings. The molecule has 8 heteroatoms. The minimum atomic E-state index is -3.07. The maximum atomic E-state index is 12.4. The SMILES string of the molecule is CCn1cc(Br)cc1C(=O)Nc1cccc(OCCS(C)(=O)=O)c1. The minimum absolute atomic E-state index is 0.0539. The first kappa shape index (κ1) is 18.5. The molecule has 0 aliphatic carbocycles. The number of ether oxygens (including phenoxy) is 1. The molecule has 0 radical (unpaired) electrons. The molecule has 2 rings (SSSR count). The Labute approximate surface area is 149 Å². The van der Waals surface area contributed by atoms with Gasteiger partial charge >= 0.3 is 0 Å². The van der Waals surface area contributed by atoms with Crippen molar-refractivity contribution in [3.05, 3.63) is 46.7 Å². The van der Waals surface area contributed by atoms with Crippen molar-refractivity contribution in [2.75, 3.05) is 23.9 Å². The molecule has 0 spiro atoms. The number of hydrogen-bond acceptors (Lipinski definition) is 4. The van der Waals surface area contributed by atoms with Crippen LogP contribution in [0.15, 0.2) is 41.0 Å². The standard InChI is InChI=1S/C16H19BrN2O4S/c1-3-19-11-12(17)9-15(19)16(20)18-13-5-4-6-14(10-13)23-7-8-24(2,21)22/h4-6,9-11H,3,7-8H2,1-2H3,(H,18,20). The number of halogens is 1. The topological polar surface area (TPSA) is 77.4 Å². The predicted octanol–water partition coefficient (Wildman–Crippen LogP) is 2.95. The number of nitrogens with zero attached hydrogens (tertiary/aromatic N) is 1. The molecule has 6 nitrogen and oxygen atoms in total. The number of sulfone groups is 1. The van der Waals surface area contributed by atoms with Gasteiger partial charge in [-0.1, -0.05) is 6.07 Å². The summed E-state index contributed by atoms with van der Waals surface area (Å²) < 4.78 is 30.3. The third kappa shape index (κ3) is 5.38. The Kier molecular flexibility index (Phi) is 6.06. The lowest BCUT2D eigenvalue weighted by Crippen LogP contribution is -2.16. The molecule has 0 fully saturated rings. The fraction of sp³-hybridized carbons (Fsp3) is 0.312. The van der Waals surface area contributed by atoms with E-state index >= 15 is 0 Å². The number of amides is 1. The molecule has 1 N–H and O–H groups in total. The third-order valence-corrected chi connectivity index (χ3v) is 4.59. The number of carbonyl (C=O) groups excluding carboxylic acids is 1. The molecule has 2 aromatic rings. The largest absolute Gasteiger partial charge is 0.492 e. The summed E-state index contributed by atoms with van der Waals surface area (Å²) in [6.07, 6.45) is 3.01. The van der Waals surface area contributed by atoms with Gasteiger partial charge < -0.3 is 14.6 Å². The van der Waals surface area contributed by atoms with Gasteiger partial charge in [0.25, 0.3) is 5.91 Å². The van der Waals surface area contributed by atoms with Crippen molar-refractivity contribution in [1.29, 1.82) is 0 Å². The first-order valence-electron chi connectivity index (χ1n) is 7.36. The van der Waals surface area contributed by atoms with Crippen molar-refractivity contribution in [3.63, 3.8) is 0 Å². The molecule has 1 aromatic carbocycles. The highest BCUT2D eigenvalue weighted by atomic mass is 79.9. The third-order valence-electron chi connectivity index (χ3n) is 3.25. The van der Waals surface area contributed by atoms with E-state index < -0.39 is 9.84 Å². The van der Waals surface area contributed by atoms with Crippen LogP contribution < -0.4 is 10.1 Å². The number of aryl methyl sites for hydroxylation is 1. The number of hydrogen-bond donors (Lipinski definition) is 1. The Morgan fingerprint density at radius 1 is 1.33 bits per heavy atom. The lowest BCUT2D eigenvalue weighted by atomic mass is 10.3. The van der Waals surface area contributed by atoms with Gasteiger partial charge in [-0.05, 0) is 41.1 Å². The summed E-state index contributed by atoms with van der Waals surface area (Å²) in [6, 6.07) is 8.61. The zero-order valence-electron chi connectivity index (χ0n) is 13.5. The molecule has 0 saturated carbocycles. The minimum Gasteiger partial charge on any atom is -0.492 e. The van der Waals surface area contributed by atoms with Crippen LogP contribution in [0.3, 0.4) is 0 Å². The number of benzene rings is 1. The average Bonchev–Trinajstić information content (AvgIpc) is 2.87. The fourth-order valence-corrected chi connectivity index (χ4v) is 2.95. The molecule has 0 saturated heterocycles. The first-order chi connectivity index (χ1) is 11.3. The van der Waals surface area contributed by atoms with Gasteiger partial charge in [-0.3, -0.25) is 4.79 Å². The van der Waals surface area contributed by atoms with Crippen molar-refractivity contribution in [2.24, 2.45) is 0 Å². The Bertz CT molecular complexity index is 830. The van der Waals surface area contributed by atoms with Crippen LogP contribution in [0.4, 0.5) is 5.69 Å². The number of nitrogens with one attached hydrogen (secondary N) is 1. The summed E-state index contributed by atoms with van der Waals surface area (Å²) in [7, 11) is -3.07. The maximum Gasteiger partial charge on any atom is 0.272 e. The summed E-state index contributed by atoms with van der Waals surface area (Å²) in [5.41, 5.74) is 1.13. The Balaban J connectivity index is 2.04. The van der Waals surface area contributed by atoms with E-state index in [1.165, 1.54) is 0 Å².